The molecule has 188 valence electrons. The van der Waals surface area contributed by atoms with Crippen molar-refractivity contribution in [3.8, 4) is 0 Å². The summed E-state index contributed by atoms with van der Waals surface area (Å²) in [6.07, 6.45) is -0.507. The Balaban J connectivity index is 0.000000211. The van der Waals surface area contributed by atoms with Crippen molar-refractivity contribution in [1.29, 1.82) is 0 Å². The lowest BCUT2D eigenvalue weighted by Gasteiger charge is -2.28. The summed E-state index contributed by atoms with van der Waals surface area (Å²) in [5.41, 5.74) is 3.10. The van der Waals surface area contributed by atoms with E-state index in [0.717, 1.165) is 16.9 Å². The third-order valence-electron chi connectivity index (χ3n) is 5.08. The summed E-state index contributed by atoms with van der Waals surface area (Å²) < 4.78 is 22.4. The molecular formula is C20H24N4O9P2. The SMILES string of the molecule is O=C(O)CCc1nc2ccccc2[nH]1.O=P(O)(O)C(O)(CCc1nc2ccccc2[nH]1)P(=O)(O)O. The molecule has 35 heavy (non-hydrogen) atoms. The van der Waals surface area contributed by atoms with E-state index < -0.39 is 32.7 Å². The van der Waals surface area contributed by atoms with Gasteiger partial charge in [-0.3, -0.25) is 13.9 Å². The van der Waals surface area contributed by atoms with E-state index in [0.29, 0.717) is 17.5 Å². The molecule has 4 aromatic rings. The Morgan fingerprint density at radius 1 is 0.800 bits per heavy atom. The average Bonchev–Trinajstić information content (AvgIpc) is 3.38. The van der Waals surface area contributed by atoms with Crippen molar-refractivity contribution in [3.63, 3.8) is 0 Å². The van der Waals surface area contributed by atoms with E-state index >= 15 is 0 Å². The van der Waals surface area contributed by atoms with E-state index in [9.17, 15) is 19.0 Å². The molecule has 0 atom stereocenters. The highest BCUT2D eigenvalue weighted by atomic mass is 31.2. The van der Waals surface area contributed by atoms with Gasteiger partial charge in [-0.05, 0) is 24.3 Å². The van der Waals surface area contributed by atoms with Gasteiger partial charge in [-0.1, -0.05) is 24.3 Å². The van der Waals surface area contributed by atoms with Gasteiger partial charge in [0.25, 0.3) is 5.08 Å². The number of aromatic amines is 2. The lowest BCUT2D eigenvalue weighted by Crippen LogP contribution is -2.29. The van der Waals surface area contributed by atoms with Crippen molar-refractivity contribution in [1.82, 2.24) is 19.9 Å². The summed E-state index contributed by atoms with van der Waals surface area (Å²) in [4.78, 5) is 60.8. The number of fused-ring (bicyclic) bond motifs is 2. The molecule has 0 bridgehead atoms. The quantitative estimate of drug-likeness (QED) is 0.155. The van der Waals surface area contributed by atoms with Crippen LogP contribution in [0, 0.1) is 0 Å². The molecule has 0 aliphatic heterocycles. The molecule has 15 heteroatoms. The molecule has 0 radical (unpaired) electrons. The molecule has 0 saturated carbocycles. The third-order valence-corrected chi connectivity index (χ3v) is 8.96. The standard InChI is InChI=1S/C10H14N2O7P2.C10H10N2O2/c13-10(20(14,15)16,21(17,18)19)6-5-9-11-7-3-1-2-4-8(7)12-9;13-10(14)6-5-9-11-7-3-1-2-4-8(7)12-9/h1-4,13H,5-6H2,(H,11,12)(H2,14,15,16)(H2,17,18,19);1-4H,5-6H2,(H,11,12)(H,13,14). The number of carboxylic acid groups (broad SMARTS) is 1. The van der Waals surface area contributed by atoms with Crippen LogP contribution in [0.25, 0.3) is 22.1 Å². The zero-order chi connectivity index (χ0) is 25.9. The predicted molar refractivity (Wildman–Crippen MR) is 126 cm³/mol. The number of aliphatic carboxylic acids is 1. The maximum atomic E-state index is 11.2. The Labute approximate surface area is 198 Å². The van der Waals surface area contributed by atoms with E-state index in [2.05, 4.69) is 19.9 Å². The number of aromatic nitrogens is 4. The summed E-state index contributed by atoms with van der Waals surface area (Å²) in [7, 11) is -10.9. The second kappa shape index (κ2) is 10.4. The molecule has 0 saturated heterocycles. The van der Waals surface area contributed by atoms with E-state index in [1.54, 1.807) is 24.3 Å². The second-order valence-electron chi connectivity index (χ2n) is 7.66. The van der Waals surface area contributed by atoms with Crippen LogP contribution < -0.4 is 0 Å². The lowest BCUT2D eigenvalue weighted by atomic mass is 10.3. The first-order chi connectivity index (χ1) is 16.3. The molecule has 2 aromatic heterocycles. The van der Waals surface area contributed by atoms with Gasteiger partial charge in [0.15, 0.2) is 0 Å². The largest absolute Gasteiger partial charge is 0.481 e. The smallest absolute Gasteiger partial charge is 0.369 e. The van der Waals surface area contributed by atoms with Crippen molar-refractivity contribution in [3.05, 3.63) is 60.2 Å². The molecule has 2 heterocycles. The van der Waals surface area contributed by atoms with E-state index in [1.807, 2.05) is 24.3 Å². The van der Waals surface area contributed by atoms with E-state index in [1.165, 1.54) is 0 Å². The van der Waals surface area contributed by atoms with Crippen LogP contribution in [0.1, 0.15) is 24.5 Å². The fraction of sp³-hybridized carbons (Fsp3) is 0.250. The van der Waals surface area contributed by atoms with Gasteiger partial charge in [0.2, 0.25) is 0 Å². The monoisotopic (exact) mass is 526 g/mol. The molecule has 8 N–H and O–H groups in total. The summed E-state index contributed by atoms with van der Waals surface area (Å²) in [5.74, 6) is 0.190. The van der Waals surface area contributed by atoms with Crippen LogP contribution in [0.3, 0.4) is 0 Å². The van der Waals surface area contributed by atoms with Gasteiger partial charge in [-0.15, -0.1) is 0 Å². The summed E-state index contributed by atoms with van der Waals surface area (Å²) in [6, 6.07) is 14.6. The molecule has 2 aromatic carbocycles. The maximum absolute atomic E-state index is 11.2. The molecule has 0 fully saturated rings. The molecule has 0 unspecified atom stereocenters. The normalized spacial score (nSPS) is 12.5. The van der Waals surface area contributed by atoms with Crippen molar-refractivity contribution < 1.29 is 43.7 Å². The zero-order valence-electron chi connectivity index (χ0n) is 18.1. The number of nitrogens with zero attached hydrogens (tertiary/aromatic N) is 2. The Kier molecular flexibility index (Phi) is 7.93. The molecule has 0 amide bonds. The Morgan fingerprint density at radius 2 is 1.23 bits per heavy atom. The molecule has 0 aliphatic rings. The minimum absolute atomic E-state index is 0.111. The van der Waals surface area contributed by atoms with Gasteiger partial charge in [-0.2, -0.15) is 0 Å². The molecule has 0 aliphatic carbocycles. The number of aliphatic hydroxyl groups is 1. The number of benzene rings is 2. The highest BCUT2D eigenvalue weighted by molar-refractivity contribution is 7.72. The first-order valence-corrected chi connectivity index (χ1v) is 13.5. The van der Waals surface area contributed by atoms with Crippen LogP contribution in [0.5, 0.6) is 0 Å². The minimum Gasteiger partial charge on any atom is -0.481 e. The van der Waals surface area contributed by atoms with Gasteiger partial charge < -0.3 is 39.8 Å². The number of carbonyl (C=O) groups is 1. The Morgan fingerprint density at radius 3 is 1.63 bits per heavy atom. The van der Waals surface area contributed by atoms with Crippen molar-refractivity contribution in [2.75, 3.05) is 0 Å². The topological polar surface area (TPSA) is 230 Å². The fourth-order valence-electron chi connectivity index (χ4n) is 3.22. The fourth-order valence-corrected chi connectivity index (χ4v) is 5.38. The number of hydrogen-bond acceptors (Lipinski definition) is 6. The molecule has 13 nitrogen and oxygen atoms in total. The number of rotatable bonds is 8. The number of para-hydroxylation sites is 4. The zero-order valence-corrected chi connectivity index (χ0v) is 19.9. The lowest BCUT2D eigenvalue weighted by molar-refractivity contribution is -0.137. The van der Waals surface area contributed by atoms with Crippen LogP contribution in [-0.4, -0.2) is 60.8 Å². The van der Waals surface area contributed by atoms with Crippen LogP contribution in [-0.2, 0) is 26.8 Å². The molecular weight excluding hydrogens is 502 g/mol. The highest BCUT2D eigenvalue weighted by Crippen LogP contribution is 2.69. The van der Waals surface area contributed by atoms with E-state index in [-0.39, 0.29) is 18.7 Å². The van der Waals surface area contributed by atoms with Crippen LogP contribution in [0.4, 0.5) is 0 Å². The first kappa shape index (κ1) is 26.7. The number of aryl methyl sites for hydroxylation is 2. The Bertz CT molecular complexity index is 1330. The van der Waals surface area contributed by atoms with Crippen LogP contribution in [0.15, 0.2) is 48.5 Å². The van der Waals surface area contributed by atoms with Gasteiger partial charge in [0.05, 0.1) is 28.5 Å². The average molecular weight is 526 g/mol. The summed E-state index contributed by atoms with van der Waals surface area (Å²) in [6.45, 7) is 0. The van der Waals surface area contributed by atoms with E-state index in [4.69, 9.17) is 24.7 Å². The van der Waals surface area contributed by atoms with Gasteiger partial charge >= 0.3 is 21.2 Å². The van der Waals surface area contributed by atoms with Crippen molar-refractivity contribution in [2.24, 2.45) is 0 Å². The first-order valence-electron chi connectivity index (χ1n) is 10.2. The molecule has 4 rings (SSSR count). The van der Waals surface area contributed by atoms with Gasteiger partial charge in [-0.25, -0.2) is 9.97 Å². The summed E-state index contributed by atoms with van der Waals surface area (Å²) in [5, 5.41) is 14.8. The minimum atomic E-state index is -5.43. The van der Waals surface area contributed by atoms with Crippen molar-refractivity contribution >= 4 is 43.2 Å². The molecule has 0 spiro atoms. The predicted octanol–water partition coefficient (Wildman–Crippen LogP) is 2.08. The highest BCUT2D eigenvalue weighted by Gasteiger charge is 2.58. The van der Waals surface area contributed by atoms with Gasteiger partial charge in [0.1, 0.15) is 11.6 Å². The number of hydrogen-bond donors (Lipinski definition) is 8. The number of H-pyrrole nitrogens is 2. The number of imidazole rings is 2. The van der Waals surface area contributed by atoms with Crippen LogP contribution >= 0.6 is 15.2 Å². The number of nitrogens with one attached hydrogen (secondary N) is 2. The van der Waals surface area contributed by atoms with Gasteiger partial charge in [0, 0.05) is 19.3 Å². The third kappa shape index (κ3) is 6.41. The second-order valence-corrected chi connectivity index (χ2v) is 11.7. The van der Waals surface area contributed by atoms with Crippen LogP contribution in [0.2, 0.25) is 0 Å². The Hall–Kier alpha value is -2.89. The maximum Gasteiger partial charge on any atom is 0.369 e. The summed E-state index contributed by atoms with van der Waals surface area (Å²) >= 11 is 0. The van der Waals surface area contributed by atoms with Crippen molar-refractivity contribution in [2.45, 2.75) is 30.8 Å². The number of carboxylic acids is 1.